The second kappa shape index (κ2) is 9.57. The lowest BCUT2D eigenvalue weighted by Crippen LogP contribution is -2.27. The van der Waals surface area contributed by atoms with Crippen molar-refractivity contribution in [3.8, 4) is 5.75 Å². The summed E-state index contributed by atoms with van der Waals surface area (Å²) in [5, 5.41) is 0.653. The summed E-state index contributed by atoms with van der Waals surface area (Å²) < 4.78 is 7.43. The molecule has 0 N–H and O–H groups in total. The monoisotopic (exact) mass is 529 g/mol. The lowest BCUT2D eigenvalue weighted by atomic mass is 10.1. The fraction of sp³-hybridized carbons (Fsp3) is 0.0833. The first-order valence-electron chi connectivity index (χ1n) is 9.43. The highest BCUT2D eigenvalue weighted by molar-refractivity contribution is 9.10. The summed E-state index contributed by atoms with van der Waals surface area (Å²) in [5.41, 5.74) is 3.56. The number of thiocarbonyl (C=S) groups is 1. The number of anilines is 1. The smallest absolute Gasteiger partial charge is 0.270 e. The predicted octanol–water partition coefficient (Wildman–Crippen LogP) is 7.40. The number of benzene rings is 3. The molecule has 0 saturated carbocycles. The summed E-state index contributed by atoms with van der Waals surface area (Å²) in [4.78, 5) is 15.2. The molecule has 0 bridgehead atoms. The van der Waals surface area contributed by atoms with Crippen LogP contribution in [-0.4, -0.2) is 10.2 Å². The van der Waals surface area contributed by atoms with Crippen LogP contribution in [-0.2, 0) is 11.4 Å². The third kappa shape index (κ3) is 5.04. The van der Waals surface area contributed by atoms with E-state index in [-0.39, 0.29) is 5.91 Å². The summed E-state index contributed by atoms with van der Waals surface area (Å²) in [7, 11) is 0. The van der Waals surface area contributed by atoms with E-state index in [0.717, 1.165) is 26.9 Å². The minimum absolute atomic E-state index is 0.143. The molecule has 7 heteroatoms. The molecular formula is C24H17BrClNO2S2. The average molecular weight is 531 g/mol. The third-order valence-corrected chi connectivity index (χ3v) is 6.85. The molecule has 31 heavy (non-hydrogen) atoms. The predicted molar refractivity (Wildman–Crippen MR) is 137 cm³/mol. The molecule has 1 saturated heterocycles. The lowest BCUT2D eigenvalue weighted by Gasteiger charge is -2.14. The van der Waals surface area contributed by atoms with Gasteiger partial charge in [-0.05, 0) is 49.4 Å². The number of nitrogens with zero attached hydrogens (tertiary/aromatic N) is 1. The molecule has 3 aromatic rings. The van der Waals surface area contributed by atoms with E-state index in [1.165, 1.54) is 11.8 Å². The van der Waals surface area contributed by atoms with Gasteiger partial charge in [0.25, 0.3) is 5.91 Å². The zero-order valence-electron chi connectivity index (χ0n) is 16.5. The van der Waals surface area contributed by atoms with Crippen LogP contribution in [0, 0.1) is 6.92 Å². The van der Waals surface area contributed by atoms with Gasteiger partial charge < -0.3 is 4.74 Å². The highest BCUT2D eigenvalue weighted by Crippen LogP contribution is 2.38. The Labute approximate surface area is 204 Å². The maximum absolute atomic E-state index is 13.1. The number of carbonyl (C=O) groups excluding carboxylic acids is 1. The first kappa shape index (κ1) is 22.1. The van der Waals surface area contributed by atoms with Crippen molar-refractivity contribution in [3.63, 3.8) is 0 Å². The van der Waals surface area contributed by atoms with Gasteiger partial charge in [0.05, 0.1) is 10.6 Å². The van der Waals surface area contributed by atoms with Crippen molar-refractivity contribution in [2.24, 2.45) is 0 Å². The molecule has 0 aromatic heterocycles. The zero-order valence-corrected chi connectivity index (χ0v) is 20.4. The number of rotatable bonds is 5. The summed E-state index contributed by atoms with van der Waals surface area (Å²) in [5.74, 6) is 0.514. The molecule has 0 spiro atoms. The van der Waals surface area contributed by atoms with E-state index in [9.17, 15) is 4.79 Å². The van der Waals surface area contributed by atoms with Gasteiger partial charge in [0.2, 0.25) is 0 Å². The van der Waals surface area contributed by atoms with Crippen molar-refractivity contribution < 1.29 is 9.53 Å². The molecule has 3 aromatic carbocycles. The van der Waals surface area contributed by atoms with Crippen LogP contribution < -0.4 is 9.64 Å². The van der Waals surface area contributed by atoms with Crippen LogP contribution in [0.4, 0.5) is 5.69 Å². The van der Waals surface area contributed by atoms with Gasteiger partial charge in [-0.15, -0.1) is 0 Å². The standard InChI is InChI=1S/C24H17BrClNO2S2/c1-15-6-9-19(10-7-15)27-23(28)22(31-24(27)30)13-17-12-18(25)8-11-21(17)29-14-16-4-2-3-5-20(16)26/h2-13H,14H2,1H3/b22-13-. The minimum Gasteiger partial charge on any atom is -0.488 e. The number of amides is 1. The summed E-state index contributed by atoms with van der Waals surface area (Å²) in [6.45, 7) is 2.33. The Morgan fingerprint density at radius 3 is 2.61 bits per heavy atom. The molecule has 0 aliphatic carbocycles. The van der Waals surface area contributed by atoms with Crippen LogP contribution >= 0.6 is 51.5 Å². The van der Waals surface area contributed by atoms with Crippen molar-refractivity contribution in [2.75, 3.05) is 4.90 Å². The highest BCUT2D eigenvalue weighted by atomic mass is 79.9. The van der Waals surface area contributed by atoms with Gasteiger partial charge in [0.15, 0.2) is 4.32 Å². The van der Waals surface area contributed by atoms with Gasteiger partial charge in [0.1, 0.15) is 12.4 Å². The Hall–Kier alpha value is -2.12. The molecule has 1 fully saturated rings. The van der Waals surface area contributed by atoms with E-state index < -0.39 is 0 Å². The first-order chi connectivity index (χ1) is 14.9. The maximum Gasteiger partial charge on any atom is 0.270 e. The number of ether oxygens (including phenoxy) is 1. The van der Waals surface area contributed by atoms with Crippen molar-refractivity contribution in [1.82, 2.24) is 0 Å². The number of aryl methyl sites for hydroxylation is 1. The van der Waals surface area contributed by atoms with Crippen LogP contribution in [0.2, 0.25) is 5.02 Å². The molecule has 1 heterocycles. The number of hydrogen-bond acceptors (Lipinski definition) is 4. The summed E-state index contributed by atoms with van der Waals surface area (Å²) in [6.07, 6.45) is 1.82. The summed E-state index contributed by atoms with van der Waals surface area (Å²) >= 11 is 16.5. The molecular weight excluding hydrogens is 514 g/mol. The molecule has 3 nitrogen and oxygen atoms in total. The van der Waals surface area contributed by atoms with E-state index in [2.05, 4.69) is 15.9 Å². The van der Waals surface area contributed by atoms with Crippen LogP contribution in [0.1, 0.15) is 16.7 Å². The topological polar surface area (TPSA) is 29.5 Å². The van der Waals surface area contributed by atoms with Gasteiger partial charge in [-0.25, -0.2) is 0 Å². The molecule has 0 atom stereocenters. The Morgan fingerprint density at radius 2 is 1.87 bits per heavy atom. The molecule has 0 radical (unpaired) electrons. The van der Waals surface area contributed by atoms with Gasteiger partial charge in [-0.3, -0.25) is 9.69 Å². The number of halogens is 2. The number of carbonyl (C=O) groups is 1. The fourth-order valence-electron chi connectivity index (χ4n) is 3.06. The largest absolute Gasteiger partial charge is 0.488 e. The van der Waals surface area contributed by atoms with E-state index in [1.807, 2.05) is 79.7 Å². The van der Waals surface area contributed by atoms with Gasteiger partial charge in [-0.2, -0.15) is 0 Å². The van der Waals surface area contributed by atoms with Crippen molar-refractivity contribution in [2.45, 2.75) is 13.5 Å². The number of hydrogen-bond donors (Lipinski definition) is 0. The molecule has 1 amide bonds. The molecule has 156 valence electrons. The quantitative estimate of drug-likeness (QED) is 0.254. The van der Waals surface area contributed by atoms with Crippen LogP contribution in [0.3, 0.4) is 0 Å². The van der Waals surface area contributed by atoms with Crippen LogP contribution in [0.15, 0.2) is 76.1 Å². The van der Waals surface area contributed by atoms with E-state index in [1.54, 1.807) is 4.90 Å². The van der Waals surface area contributed by atoms with E-state index >= 15 is 0 Å². The SMILES string of the molecule is Cc1ccc(N2C(=O)/C(=C/c3cc(Br)ccc3OCc3ccccc3Cl)SC2=S)cc1. The van der Waals surface area contributed by atoms with Gasteiger partial charge in [-0.1, -0.05) is 87.4 Å². The van der Waals surface area contributed by atoms with Crippen molar-refractivity contribution in [1.29, 1.82) is 0 Å². The van der Waals surface area contributed by atoms with Crippen LogP contribution in [0.5, 0.6) is 5.75 Å². The second-order valence-electron chi connectivity index (χ2n) is 6.91. The zero-order chi connectivity index (χ0) is 22.0. The summed E-state index contributed by atoms with van der Waals surface area (Å²) in [6, 6.07) is 21.0. The van der Waals surface area contributed by atoms with E-state index in [0.29, 0.717) is 26.6 Å². The first-order valence-corrected chi connectivity index (χ1v) is 11.8. The molecule has 4 rings (SSSR count). The van der Waals surface area contributed by atoms with Crippen molar-refractivity contribution in [3.05, 3.63) is 97.8 Å². The highest BCUT2D eigenvalue weighted by Gasteiger charge is 2.33. The normalized spacial score (nSPS) is 15.1. The van der Waals surface area contributed by atoms with Gasteiger partial charge in [0, 0.05) is 20.6 Å². The number of thioether (sulfide) groups is 1. The lowest BCUT2D eigenvalue weighted by molar-refractivity contribution is -0.113. The minimum atomic E-state index is -0.143. The van der Waals surface area contributed by atoms with Crippen LogP contribution in [0.25, 0.3) is 6.08 Å². The fourth-order valence-corrected chi connectivity index (χ4v) is 4.92. The Kier molecular flexibility index (Phi) is 6.82. The molecule has 0 unspecified atom stereocenters. The van der Waals surface area contributed by atoms with Crippen molar-refractivity contribution >= 4 is 73.5 Å². The Bertz CT molecular complexity index is 1190. The Balaban J connectivity index is 1.61. The Morgan fingerprint density at radius 1 is 1.13 bits per heavy atom. The molecule has 1 aliphatic rings. The van der Waals surface area contributed by atoms with E-state index in [4.69, 9.17) is 28.6 Å². The molecule has 1 aliphatic heterocycles. The maximum atomic E-state index is 13.1. The average Bonchev–Trinajstić information content (AvgIpc) is 3.02. The third-order valence-electron chi connectivity index (χ3n) is 4.69. The second-order valence-corrected chi connectivity index (χ2v) is 9.91. The van der Waals surface area contributed by atoms with Gasteiger partial charge >= 0.3 is 0 Å².